The smallest absolute Gasteiger partial charge is 0.164 e. The largest absolute Gasteiger partial charge is 0.291 e. The van der Waals surface area contributed by atoms with Gasteiger partial charge in [-0.05, 0) is 33.9 Å². The predicted octanol–water partition coefficient (Wildman–Crippen LogP) is 12.0. The van der Waals surface area contributed by atoms with E-state index in [0.29, 0.717) is 17.5 Å². The summed E-state index contributed by atoms with van der Waals surface area (Å²) in [5.74, 6) is 1.93. The Kier molecular flexibility index (Phi) is 6.35. The molecule has 52 heavy (non-hydrogen) atoms. The molecule has 4 aromatic heterocycles. The minimum absolute atomic E-state index is 0.634. The maximum atomic E-state index is 5.42. The lowest BCUT2D eigenvalue weighted by atomic mass is 10.0. The van der Waals surface area contributed by atoms with Crippen molar-refractivity contribution in [1.82, 2.24) is 24.3 Å². The van der Waals surface area contributed by atoms with E-state index in [-0.39, 0.29) is 0 Å². The lowest BCUT2D eigenvalue weighted by molar-refractivity contribution is 1.07. The average molecular weight is 682 g/mol. The first-order valence-corrected chi connectivity index (χ1v) is 18.1. The van der Waals surface area contributed by atoms with Crippen molar-refractivity contribution in [3.8, 4) is 45.4 Å². The highest BCUT2D eigenvalue weighted by Crippen LogP contribution is 2.44. The van der Waals surface area contributed by atoms with Gasteiger partial charge < -0.3 is 0 Å². The Balaban J connectivity index is 1.14. The minimum atomic E-state index is 0.634. The molecule has 0 spiro atoms. The molecule has 7 aromatic carbocycles. The van der Waals surface area contributed by atoms with Gasteiger partial charge in [-0.2, -0.15) is 0 Å². The van der Waals surface area contributed by atoms with E-state index in [1.54, 1.807) is 0 Å². The van der Waals surface area contributed by atoms with Crippen LogP contribution in [0.2, 0.25) is 0 Å². The zero-order valence-electron chi connectivity index (χ0n) is 27.7. The molecule has 242 valence electrons. The fourth-order valence-electron chi connectivity index (χ4n) is 7.50. The van der Waals surface area contributed by atoms with Gasteiger partial charge in [-0.3, -0.25) is 4.40 Å². The summed E-state index contributed by atoms with van der Waals surface area (Å²) in [6, 6.07) is 57.2. The summed E-state index contributed by atoms with van der Waals surface area (Å²) in [6.07, 6.45) is 0. The summed E-state index contributed by atoms with van der Waals surface area (Å²) in [6.45, 7) is 0. The van der Waals surface area contributed by atoms with Crippen LogP contribution in [0.1, 0.15) is 0 Å². The van der Waals surface area contributed by atoms with E-state index in [4.69, 9.17) is 19.9 Å². The number of hydrogen-bond donors (Lipinski definition) is 0. The Bertz CT molecular complexity index is 3110. The van der Waals surface area contributed by atoms with Crippen molar-refractivity contribution in [3.05, 3.63) is 164 Å². The molecule has 5 nitrogen and oxygen atoms in total. The number of pyridine rings is 1. The standard InChI is InChI=1S/C46H27N5S/c1-3-13-31(14-4-1)43-48-44(32-15-5-2-6-16-32)50-45(49-43)33-21-19-30(20-22-33)39-27-37-36-25-23-29-12-8-10-18-35(29)41(36)52-42(37)46-47-40-34-17-9-7-11-28(34)24-26-38(40)51(39)46/h1-27H. The van der Waals surface area contributed by atoms with Crippen LogP contribution in [0.3, 0.4) is 0 Å². The molecule has 11 aromatic rings. The number of thiophene rings is 1. The molecule has 0 N–H and O–H groups in total. The number of aromatic nitrogens is 5. The third-order valence-electron chi connectivity index (χ3n) is 10.0. The van der Waals surface area contributed by atoms with E-state index >= 15 is 0 Å². The first kappa shape index (κ1) is 29.0. The Hall–Kier alpha value is -6.76. The summed E-state index contributed by atoms with van der Waals surface area (Å²) in [5, 5.41) is 7.33. The molecule has 0 bridgehead atoms. The van der Waals surface area contributed by atoms with E-state index in [1.165, 1.54) is 36.3 Å². The molecule has 11 rings (SSSR count). The molecule has 0 unspecified atom stereocenters. The van der Waals surface area contributed by atoms with E-state index in [1.807, 2.05) is 72.0 Å². The summed E-state index contributed by atoms with van der Waals surface area (Å²) < 4.78 is 4.83. The van der Waals surface area contributed by atoms with Gasteiger partial charge in [0, 0.05) is 37.5 Å². The highest BCUT2D eigenvalue weighted by Gasteiger charge is 2.20. The number of rotatable bonds is 4. The van der Waals surface area contributed by atoms with Crippen LogP contribution in [0.5, 0.6) is 0 Å². The second kappa shape index (κ2) is 11.4. The quantitative estimate of drug-likeness (QED) is 0.185. The zero-order chi connectivity index (χ0) is 34.2. The Morgan fingerprint density at radius 3 is 1.60 bits per heavy atom. The van der Waals surface area contributed by atoms with Crippen molar-refractivity contribution in [2.45, 2.75) is 0 Å². The topological polar surface area (TPSA) is 56.0 Å². The van der Waals surface area contributed by atoms with Crippen LogP contribution >= 0.6 is 11.3 Å². The number of fused-ring (bicyclic) bond motifs is 11. The van der Waals surface area contributed by atoms with Crippen molar-refractivity contribution in [3.63, 3.8) is 0 Å². The molecule has 0 aliphatic carbocycles. The Morgan fingerprint density at radius 1 is 0.385 bits per heavy atom. The first-order chi connectivity index (χ1) is 25.8. The third-order valence-corrected chi connectivity index (χ3v) is 11.3. The maximum Gasteiger partial charge on any atom is 0.164 e. The SMILES string of the molecule is c1ccc(-c2nc(-c3ccccc3)nc(-c3ccc(-c4cc5c6ccc7ccccc7c6sc5c5nc6c7ccccc7ccc6n45)cc3)n2)cc1. The zero-order valence-corrected chi connectivity index (χ0v) is 28.5. The number of benzene rings is 7. The van der Waals surface area contributed by atoms with Crippen LogP contribution in [0.4, 0.5) is 0 Å². The van der Waals surface area contributed by atoms with Gasteiger partial charge in [0.05, 0.1) is 21.4 Å². The number of nitrogens with zero attached hydrogens (tertiary/aromatic N) is 5. The molecule has 4 heterocycles. The normalized spacial score (nSPS) is 11.8. The second-order valence-corrected chi connectivity index (χ2v) is 14.1. The predicted molar refractivity (Wildman–Crippen MR) is 216 cm³/mol. The van der Waals surface area contributed by atoms with Crippen LogP contribution in [0.15, 0.2) is 164 Å². The number of imidazole rings is 1. The lowest BCUT2D eigenvalue weighted by Gasteiger charge is -2.11. The molecule has 0 saturated heterocycles. The van der Waals surface area contributed by atoms with E-state index in [9.17, 15) is 0 Å². The summed E-state index contributed by atoms with van der Waals surface area (Å²) >= 11 is 1.84. The van der Waals surface area contributed by atoms with Crippen LogP contribution < -0.4 is 0 Å². The van der Waals surface area contributed by atoms with Crippen LogP contribution in [0.25, 0.3) is 104 Å². The van der Waals surface area contributed by atoms with E-state index < -0.39 is 0 Å². The van der Waals surface area contributed by atoms with Crippen LogP contribution in [-0.2, 0) is 0 Å². The summed E-state index contributed by atoms with van der Waals surface area (Å²) in [7, 11) is 0. The third kappa shape index (κ3) is 4.48. The molecular weight excluding hydrogens is 655 g/mol. The van der Waals surface area contributed by atoms with Gasteiger partial charge in [-0.25, -0.2) is 19.9 Å². The fraction of sp³-hybridized carbons (Fsp3) is 0. The summed E-state index contributed by atoms with van der Waals surface area (Å²) in [5.41, 5.74) is 8.08. The van der Waals surface area contributed by atoms with Gasteiger partial charge in [0.1, 0.15) is 0 Å². The van der Waals surface area contributed by atoms with Crippen molar-refractivity contribution >= 4 is 69.7 Å². The molecule has 0 atom stereocenters. The molecule has 0 amide bonds. The Morgan fingerprint density at radius 2 is 0.923 bits per heavy atom. The van der Waals surface area contributed by atoms with Crippen molar-refractivity contribution < 1.29 is 0 Å². The monoisotopic (exact) mass is 681 g/mol. The van der Waals surface area contributed by atoms with Gasteiger partial charge >= 0.3 is 0 Å². The molecule has 0 aliphatic rings. The van der Waals surface area contributed by atoms with Gasteiger partial charge in [0.2, 0.25) is 0 Å². The molecule has 0 radical (unpaired) electrons. The fourth-order valence-corrected chi connectivity index (χ4v) is 8.80. The van der Waals surface area contributed by atoms with Gasteiger partial charge in [0.15, 0.2) is 23.1 Å². The number of hydrogen-bond acceptors (Lipinski definition) is 5. The van der Waals surface area contributed by atoms with Gasteiger partial charge in [0.25, 0.3) is 0 Å². The highest BCUT2D eigenvalue weighted by molar-refractivity contribution is 7.27. The lowest BCUT2D eigenvalue weighted by Crippen LogP contribution is -2.00. The van der Waals surface area contributed by atoms with Crippen LogP contribution in [0, 0.1) is 0 Å². The van der Waals surface area contributed by atoms with Crippen molar-refractivity contribution in [1.29, 1.82) is 0 Å². The maximum absolute atomic E-state index is 5.42. The molecule has 0 fully saturated rings. The average Bonchev–Trinajstić information content (AvgIpc) is 3.81. The molecule has 0 aliphatic heterocycles. The van der Waals surface area contributed by atoms with E-state index in [0.717, 1.165) is 50.0 Å². The van der Waals surface area contributed by atoms with Crippen molar-refractivity contribution in [2.75, 3.05) is 0 Å². The van der Waals surface area contributed by atoms with E-state index in [2.05, 4.69) is 108 Å². The molecular formula is C46H27N5S. The highest BCUT2D eigenvalue weighted by atomic mass is 32.1. The minimum Gasteiger partial charge on any atom is -0.291 e. The molecule has 0 saturated carbocycles. The molecule has 6 heteroatoms. The summed E-state index contributed by atoms with van der Waals surface area (Å²) in [4.78, 5) is 20.2. The second-order valence-electron chi connectivity index (χ2n) is 13.1. The van der Waals surface area contributed by atoms with Gasteiger partial charge in [-0.1, -0.05) is 152 Å². The van der Waals surface area contributed by atoms with Gasteiger partial charge in [-0.15, -0.1) is 11.3 Å². The first-order valence-electron chi connectivity index (χ1n) is 17.3. The van der Waals surface area contributed by atoms with Crippen molar-refractivity contribution in [2.24, 2.45) is 0 Å². The Labute approximate surface area is 302 Å². The van der Waals surface area contributed by atoms with Crippen LogP contribution in [-0.4, -0.2) is 24.3 Å².